The van der Waals surface area contributed by atoms with E-state index >= 15 is 0 Å². The monoisotopic (exact) mass is 456 g/mol. The maximum Gasteiger partial charge on any atom is 0.343 e. The van der Waals surface area contributed by atoms with Gasteiger partial charge in [-0.15, -0.1) is 0 Å². The number of carbonyl (C=O) groups excluding carboxylic acids is 1. The summed E-state index contributed by atoms with van der Waals surface area (Å²) in [6.07, 6.45) is 4.53. The van der Waals surface area contributed by atoms with E-state index in [-0.39, 0.29) is 29.4 Å². The topological polar surface area (TPSA) is 107 Å². The maximum atomic E-state index is 12.7. The van der Waals surface area contributed by atoms with Crippen LogP contribution in [0.25, 0.3) is 11.3 Å². The van der Waals surface area contributed by atoms with Gasteiger partial charge >= 0.3 is 5.97 Å². The van der Waals surface area contributed by atoms with Gasteiger partial charge < -0.3 is 19.1 Å². The van der Waals surface area contributed by atoms with Gasteiger partial charge in [0.15, 0.2) is 16.9 Å². The van der Waals surface area contributed by atoms with Crippen LogP contribution in [0.1, 0.15) is 68.9 Å². The Hall–Kier alpha value is -3.16. The Morgan fingerprint density at radius 3 is 2.64 bits per heavy atom. The molecule has 8 heteroatoms. The third-order valence-electron chi connectivity index (χ3n) is 5.94. The zero-order chi connectivity index (χ0) is 24.2. The number of benzene rings is 1. The largest absolute Gasteiger partial charge is 0.504 e. The molecule has 0 radical (unpaired) electrons. The van der Waals surface area contributed by atoms with Crippen molar-refractivity contribution < 1.29 is 19.4 Å². The predicted octanol–water partition coefficient (Wildman–Crippen LogP) is 4.86. The zero-order valence-corrected chi connectivity index (χ0v) is 19.7. The summed E-state index contributed by atoms with van der Waals surface area (Å²) in [7, 11) is 0. The summed E-state index contributed by atoms with van der Waals surface area (Å²) in [5.41, 5.74) is 1.79. The van der Waals surface area contributed by atoms with Crippen LogP contribution in [0, 0.1) is 10.3 Å². The van der Waals surface area contributed by atoms with Crippen molar-refractivity contribution >= 4 is 5.97 Å². The first-order chi connectivity index (χ1) is 15.7. The van der Waals surface area contributed by atoms with E-state index in [4.69, 9.17) is 9.47 Å². The number of phenolic OH excluding ortho intramolecular Hbond substituents is 1. The summed E-state index contributed by atoms with van der Waals surface area (Å²) in [6.45, 7) is 8.95. The molecule has 33 heavy (non-hydrogen) atoms. The number of aromatic hydroxyl groups is 1. The van der Waals surface area contributed by atoms with E-state index in [1.165, 1.54) is 6.07 Å². The van der Waals surface area contributed by atoms with E-state index in [1.54, 1.807) is 19.2 Å². The lowest BCUT2D eigenvalue weighted by atomic mass is 9.78. The van der Waals surface area contributed by atoms with E-state index in [9.17, 15) is 19.6 Å². The SMILES string of the molecule is CCOC(=O)c1cn2c(cc1=O)-c1cc(O)c(OCCCCCN=O)cc1CC2C(C)(C)C. The molecule has 1 atom stereocenters. The fourth-order valence-corrected chi connectivity index (χ4v) is 4.19. The number of unbranched alkanes of at least 4 members (excludes halogenated alkanes) is 2. The van der Waals surface area contributed by atoms with Crippen molar-refractivity contribution in [3.8, 4) is 22.8 Å². The summed E-state index contributed by atoms with van der Waals surface area (Å²) in [5.74, 6) is -0.244. The van der Waals surface area contributed by atoms with E-state index in [2.05, 4.69) is 25.9 Å². The second-order valence-corrected chi connectivity index (χ2v) is 9.39. The Kier molecular flexibility index (Phi) is 7.56. The van der Waals surface area contributed by atoms with E-state index in [0.29, 0.717) is 31.0 Å². The van der Waals surface area contributed by atoms with Gasteiger partial charge in [-0.3, -0.25) is 4.79 Å². The lowest BCUT2D eigenvalue weighted by molar-refractivity contribution is 0.0523. The molecular formula is C25H32N2O6. The fourth-order valence-electron chi connectivity index (χ4n) is 4.19. The van der Waals surface area contributed by atoms with Gasteiger partial charge in [0.1, 0.15) is 5.56 Å². The molecule has 1 aromatic carbocycles. The number of aromatic nitrogens is 1. The molecule has 1 unspecified atom stereocenters. The molecule has 0 saturated heterocycles. The second-order valence-electron chi connectivity index (χ2n) is 9.39. The number of rotatable bonds is 9. The van der Waals surface area contributed by atoms with Crippen LogP contribution < -0.4 is 10.2 Å². The minimum Gasteiger partial charge on any atom is -0.504 e. The Morgan fingerprint density at radius 1 is 1.21 bits per heavy atom. The molecule has 0 saturated carbocycles. The quantitative estimate of drug-likeness (QED) is 0.328. The number of hydrogen-bond acceptors (Lipinski definition) is 7. The normalized spacial score (nSPS) is 14.8. The van der Waals surface area contributed by atoms with Crippen LogP contribution in [-0.4, -0.2) is 35.4 Å². The van der Waals surface area contributed by atoms with Gasteiger partial charge in [0.2, 0.25) is 0 Å². The molecule has 1 aromatic heterocycles. The molecule has 3 rings (SSSR count). The van der Waals surface area contributed by atoms with E-state index in [0.717, 1.165) is 30.4 Å². The number of fused-ring (bicyclic) bond motifs is 3. The van der Waals surface area contributed by atoms with E-state index in [1.807, 2.05) is 10.6 Å². The van der Waals surface area contributed by atoms with Crippen LogP contribution in [0.3, 0.4) is 0 Å². The Bertz CT molecular complexity index is 1080. The van der Waals surface area contributed by atoms with Crippen molar-refractivity contribution in [2.24, 2.45) is 10.6 Å². The smallest absolute Gasteiger partial charge is 0.343 e. The van der Waals surface area contributed by atoms with Gasteiger partial charge in [0.05, 0.1) is 25.5 Å². The number of phenols is 1. The highest BCUT2D eigenvalue weighted by molar-refractivity contribution is 5.89. The Labute approximate surface area is 193 Å². The minimum absolute atomic E-state index is 0.00672. The van der Waals surface area contributed by atoms with Crippen LogP contribution in [0.4, 0.5) is 0 Å². The molecule has 8 nitrogen and oxygen atoms in total. The zero-order valence-electron chi connectivity index (χ0n) is 19.7. The standard InChI is InChI=1S/C25H32N2O6/c1-5-32-24(30)18-15-27-19(14-20(18)28)17-13-21(29)22(33-10-8-6-7-9-26-31)11-16(17)12-23(27)25(2,3)4/h11,13-15,23,29H,5-10,12H2,1-4H3. The predicted molar refractivity (Wildman–Crippen MR) is 126 cm³/mol. The lowest BCUT2D eigenvalue weighted by Crippen LogP contribution is -2.33. The average molecular weight is 457 g/mol. The minimum atomic E-state index is -0.633. The van der Waals surface area contributed by atoms with Crippen LogP contribution in [0.15, 0.2) is 34.4 Å². The highest BCUT2D eigenvalue weighted by Gasteiger charge is 2.34. The van der Waals surface area contributed by atoms with Crippen molar-refractivity contribution in [3.05, 3.63) is 50.7 Å². The maximum absolute atomic E-state index is 12.7. The van der Waals surface area contributed by atoms with Crippen molar-refractivity contribution in [2.45, 2.75) is 59.4 Å². The molecule has 1 aliphatic rings. The van der Waals surface area contributed by atoms with Crippen molar-refractivity contribution in [3.63, 3.8) is 0 Å². The summed E-state index contributed by atoms with van der Waals surface area (Å²) in [4.78, 5) is 35.2. The van der Waals surface area contributed by atoms with Gasteiger partial charge in [0, 0.05) is 23.9 Å². The van der Waals surface area contributed by atoms with Crippen LogP contribution in [0.2, 0.25) is 0 Å². The van der Waals surface area contributed by atoms with Gasteiger partial charge in [-0.25, -0.2) is 4.79 Å². The highest BCUT2D eigenvalue weighted by atomic mass is 16.5. The van der Waals surface area contributed by atoms with Crippen molar-refractivity contribution in [2.75, 3.05) is 19.8 Å². The molecule has 0 bridgehead atoms. The number of nitroso groups, excluding NO2 is 1. The first kappa shape index (κ1) is 24.5. The van der Waals surface area contributed by atoms with Crippen LogP contribution >= 0.6 is 0 Å². The first-order valence-electron chi connectivity index (χ1n) is 11.4. The number of esters is 1. The number of nitrogens with zero attached hydrogens (tertiary/aromatic N) is 2. The third-order valence-corrected chi connectivity index (χ3v) is 5.94. The lowest BCUT2D eigenvalue weighted by Gasteiger charge is -2.39. The van der Waals surface area contributed by atoms with Gasteiger partial charge in [0.25, 0.3) is 0 Å². The third kappa shape index (κ3) is 5.43. The first-order valence-corrected chi connectivity index (χ1v) is 11.4. The second kappa shape index (κ2) is 10.2. The Balaban J connectivity index is 1.98. The summed E-state index contributed by atoms with van der Waals surface area (Å²) >= 11 is 0. The van der Waals surface area contributed by atoms with Gasteiger partial charge in [-0.1, -0.05) is 25.9 Å². The average Bonchev–Trinajstić information content (AvgIpc) is 2.75. The Morgan fingerprint density at radius 2 is 1.97 bits per heavy atom. The van der Waals surface area contributed by atoms with E-state index < -0.39 is 11.4 Å². The molecular weight excluding hydrogens is 424 g/mol. The molecule has 1 N–H and O–H groups in total. The number of ether oxygens (including phenoxy) is 2. The highest BCUT2D eigenvalue weighted by Crippen LogP contribution is 2.45. The summed E-state index contributed by atoms with van der Waals surface area (Å²) in [6, 6.07) is 4.88. The summed E-state index contributed by atoms with van der Waals surface area (Å²) in [5, 5.41) is 13.4. The fraction of sp³-hybridized carbons (Fsp3) is 0.520. The van der Waals surface area contributed by atoms with Gasteiger partial charge in [-0.05, 0) is 55.7 Å². The molecule has 0 spiro atoms. The number of hydrogen-bond donors (Lipinski definition) is 1. The van der Waals surface area contributed by atoms with Crippen molar-refractivity contribution in [1.82, 2.24) is 4.57 Å². The number of pyridine rings is 1. The van der Waals surface area contributed by atoms with Gasteiger partial charge in [-0.2, -0.15) is 4.91 Å². The molecule has 2 heterocycles. The molecule has 0 fully saturated rings. The van der Waals surface area contributed by atoms with Crippen molar-refractivity contribution in [1.29, 1.82) is 0 Å². The molecule has 178 valence electrons. The van der Waals surface area contributed by atoms with Crippen LogP contribution in [-0.2, 0) is 11.2 Å². The number of carbonyl (C=O) groups is 1. The molecule has 2 aromatic rings. The molecule has 0 amide bonds. The molecule has 1 aliphatic heterocycles. The van der Waals surface area contributed by atoms with Crippen LogP contribution in [0.5, 0.6) is 11.5 Å². The molecule has 0 aliphatic carbocycles. The summed E-state index contributed by atoms with van der Waals surface area (Å²) < 4.78 is 12.8.